The van der Waals surface area contributed by atoms with Crippen molar-refractivity contribution in [1.82, 2.24) is 4.90 Å². The van der Waals surface area contributed by atoms with E-state index in [1.54, 1.807) is 17.0 Å². The van der Waals surface area contributed by atoms with Crippen LogP contribution in [0.25, 0.3) is 0 Å². The normalized spacial score (nSPS) is 20.8. The summed E-state index contributed by atoms with van der Waals surface area (Å²) in [4.78, 5) is 14.5. The molecule has 0 unspecified atom stereocenters. The van der Waals surface area contributed by atoms with E-state index in [-0.39, 0.29) is 23.1 Å². The number of nitrogens with zero attached hydrogens (tertiary/aromatic N) is 1. The molecular formula is C20H23NO4S. The predicted octanol–water partition coefficient (Wildman–Crippen LogP) is 2.01. The van der Waals surface area contributed by atoms with Crippen LogP contribution in [0.15, 0.2) is 59.5 Å². The topological polar surface area (TPSA) is 74.7 Å². The summed E-state index contributed by atoms with van der Waals surface area (Å²) < 4.78 is 23.0. The maximum absolute atomic E-state index is 12.5. The van der Waals surface area contributed by atoms with Gasteiger partial charge in [0.2, 0.25) is 5.91 Å². The lowest BCUT2D eigenvalue weighted by atomic mass is 9.87. The third-order valence-electron chi connectivity index (χ3n) is 4.87. The number of amides is 1. The van der Waals surface area contributed by atoms with Crippen LogP contribution in [0.5, 0.6) is 0 Å². The average Bonchev–Trinajstić information content (AvgIpc) is 2.62. The predicted molar refractivity (Wildman–Crippen MR) is 99.6 cm³/mol. The van der Waals surface area contributed by atoms with E-state index in [2.05, 4.69) is 0 Å². The Labute approximate surface area is 154 Å². The third-order valence-corrected chi connectivity index (χ3v) is 6.00. The quantitative estimate of drug-likeness (QED) is 0.890. The highest BCUT2D eigenvalue weighted by Crippen LogP contribution is 2.28. The molecule has 3 rings (SSSR count). The molecular weight excluding hydrogens is 350 g/mol. The zero-order valence-electron chi connectivity index (χ0n) is 14.7. The molecule has 6 heteroatoms. The molecule has 1 aliphatic heterocycles. The molecule has 2 aromatic rings. The van der Waals surface area contributed by atoms with Crippen molar-refractivity contribution in [2.75, 3.05) is 19.3 Å². The molecule has 26 heavy (non-hydrogen) atoms. The van der Waals surface area contributed by atoms with Crippen molar-refractivity contribution in [2.24, 2.45) is 0 Å². The van der Waals surface area contributed by atoms with E-state index in [1.807, 2.05) is 30.3 Å². The highest BCUT2D eigenvalue weighted by atomic mass is 32.2. The number of benzene rings is 2. The Morgan fingerprint density at radius 3 is 2.35 bits per heavy atom. The van der Waals surface area contributed by atoms with E-state index in [0.29, 0.717) is 13.1 Å². The number of β-amino-alcohol motifs (C(OH)–C–C–N with tert-alkyl or cyclic N) is 1. The summed E-state index contributed by atoms with van der Waals surface area (Å²) in [7, 11) is -3.24. The highest BCUT2D eigenvalue weighted by Gasteiger charge is 2.30. The molecule has 1 amide bonds. The second-order valence-corrected chi connectivity index (χ2v) is 8.82. The molecule has 0 aromatic heterocycles. The van der Waals surface area contributed by atoms with Crippen molar-refractivity contribution in [3.63, 3.8) is 0 Å². The summed E-state index contributed by atoms with van der Waals surface area (Å²) in [6.07, 6.45) is 1.50. The van der Waals surface area contributed by atoms with E-state index < -0.39 is 15.9 Å². The Morgan fingerprint density at radius 2 is 1.77 bits per heavy atom. The molecule has 0 bridgehead atoms. The van der Waals surface area contributed by atoms with Crippen LogP contribution in [-0.4, -0.2) is 49.8 Å². The molecule has 1 N–H and O–H groups in total. The van der Waals surface area contributed by atoms with Gasteiger partial charge in [0, 0.05) is 25.3 Å². The van der Waals surface area contributed by atoms with Gasteiger partial charge in [0.05, 0.1) is 17.4 Å². The zero-order chi connectivity index (χ0) is 18.7. The molecule has 0 aliphatic carbocycles. The van der Waals surface area contributed by atoms with E-state index in [1.165, 1.54) is 12.1 Å². The number of rotatable bonds is 4. The van der Waals surface area contributed by atoms with Crippen molar-refractivity contribution in [1.29, 1.82) is 0 Å². The SMILES string of the molecule is CS(=O)(=O)c1ccc(CC(=O)N2CC[C@@H](c3ccccc3)[C@H](O)C2)cc1. The van der Waals surface area contributed by atoms with Gasteiger partial charge in [-0.1, -0.05) is 42.5 Å². The number of carbonyl (C=O) groups excluding carboxylic acids is 1. The molecule has 0 radical (unpaired) electrons. The van der Waals surface area contributed by atoms with Gasteiger partial charge < -0.3 is 10.0 Å². The lowest BCUT2D eigenvalue weighted by molar-refractivity contribution is -0.134. The van der Waals surface area contributed by atoms with Crippen LogP contribution in [0.1, 0.15) is 23.5 Å². The van der Waals surface area contributed by atoms with Crippen LogP contribution in [0.3, 0.4) is 0 Å². The number of carbonyl (C=O) groups is 1. The molecule has 1 fully saturated rings. The minimum absolute atomic E-state index is 0.0503. The summed E-state index contributed by atoms with van der Waals surface area (Å²) in [6, 6.07) is 16.3. The standard InChI is InChI=1S/C20H23NO4S/c1-26(24,25)17-9-7-15(8-10-17)13-20(23)21-12-11-18(19(22)14-21)16-5-3-2-4-6-16/h2-10,18-19,22H,11-14H2,1H3/t18-,19+/m0/s1. The van der Waals surface area contributed by atoms with Crippen LogP contribution in [-0.2, 0) is 21.1 Å². The number of piperidine rings is 1. The van der Waals surface area contributed by atoms with Gasteiger partial charge in [-0.2, -0.15) is 0 Å². The summed E-state index contributed by atoms with van der Waals surface area (Å²) in [5.74, 6) is -0.00281. The first kappa shape index (κ1) is 18.6. The molecule has 2 atom stereocenters. The summed E-state index contributed by atoms with van der Waals surface area (Å²) in [5.41, 5.74) is 1.87. The third kappa shape index (κ3) is 4.31. The number of aliphatic hydroxyl groups excluding tert-OH is 1. The summed E-state index contributed by atoms with van der Waals surface area (Å²) in [5, 5.41) is 10.5. The van der Waals surface area contributed by atoms with Crippen molar-refractivity contribution in [3.8, 4) is 0 Å². The van der Waals surface area contributed by atoms with Gasteiger partial charge in [-0.3, -0.25) is 4.79 Å². The minimum atomic E-state index is -3.24. The maximum Gasteiger partial charge on any atom is 0.227 e. The maximum atomic E-state index is 12.5. The molecule has 5 nitrogen and oxygen atoms in total. The van der Waals surface area contributed by atoms with Crippen molar-refractivity contribution in [2.45, 2.75) is 29.8 Å². The Morgan fingerprint density at radius 1 is 1.12 bits per heavy atom. The van der Waals surface area contributed by atoms with Crippen molar-refractivity contribution >= 4 is 15.7 Å². The number of likely N-dealkylation sites (tertiary alicyclic amines) is 1. The van der Waals surface area contributed by atoms with E-state index >= 15 is 0 Å². The zero-order valence-corrected chi connectivity index (χ0v) is 15.5. The molecule has 0 saturated carbocycles. The number of aliphatic hydroxyl groups is 1. The largest absolute Gasteiger partial charge is 0.391 e. The first-order chi connectivity index (χ1) is 12.3. The van der Waals surface area contributed by atoms with Crippen LogP contribution in [0, 0.1) is 0 Å². The molecule has 1 aliphatic rings. The Bertz CT molecular complexity index is 862. The lowest BCUT2D eigenvalue weighted by Crippen LogP contribution is -2.46. The fraction of sp³-hybridized carbons (Fsp3) is 0.350. The van der Waals surface area contributed by atoms with E-state index in [4.69, 9.17) is 0 Å². The smallest absolute Gasteiger partial charge is 0.227 e. The second-order valence-electron chi connectivity index (χ2n) is 6.81. The van der Waals surface area contributed by atoms with E-state index in [9.17, 15) is 18.3 Å². The van der Waals surface area contributed by atoms with Crippen molar-refractivity contribution in [3.05, 3.63) is 65.7 Å². The second kappa shape index (κ2) is 7.60. The first-order valence-electron chi connectivity index (χ1n) is 8.64. The fourth-order valence-corrected chi connectivity index (χ4v) is 4.02. The number of hydrogen-bond donors (Lipinski definition) is 1. The van der Waals surface area contributed by atoms with Gasteiger partial charge in [-0.25, -0.2) is 8.42 Å². The minimum Gasteiger partial charge on any atom is -0.391 e. The number of hydrogen-bond acceptors (Lipinski definition) is 4. The van der Waals surface area contributed by atoms with Crippen LogP contribution < -0.4 is 0 Å². The summed E-state index contributed by atoms with van der Waals surface area (Å²) >= 11 is 0. The summed E-state index contributed by atoms with van der Waals surface area (Å²) in [6.45, 7) is 0.927. The number of sulfone groups is 1. The molecule has 1 saturated heterocycles. The molecule has 1 heterocycles. The highest BCUT2D eigenvalue weighted by molar-refractivity contribution is 7.90. The Balaban J connectivity index is 1.61. The van der Waals surface area contributed by atoms with Crippen molar-refractivity contribution < 1.29 is 18.3 Å². The van der Waals surface area contributed by atoms with Gasteiger partial charge in [0.25, 0.3) is 0 Å². The van der Waals surface area contributed by atoms with Gasteiger partial charge in [0.15, 0.2) is 9.84 Å². The fourth-order valence-electron chi connectivity index (χ4n) is 3.39. The Kier molecular flexibility index (Phi) is 5.44. The first-order valence-corrected chi connectivity index (χ1v) is 10.5. The van der Waals surface area contributed by atoms with Crippen LogP contribution in [0.4, 0.5) is 0 Å². The van der Waals surface area contributed by atoms with Crippen LogP contribution in [0.2, 0.25) is 0 Å². The van der Waals surface area contributed by atoms with Crippen LogP contribution >= 0.6 is 0 Å². The van der Waals surface area contributed by atoms with E-state index in [0.717, 1.165) is 23.8 Å². The lowest BCUT2D eigenvalue weighted by Gasteiger charge is -2.36. The van der Waals surface area contributed by atoms with Gasteiger partial charge in [-0.05, 0) is 29.7 Å². The Hall–Kier alpha value is -2.18. The molecule has 138 valence electrons. The molecule has 2 aromatic carbocycles. The van der Waals surface area contributed by atoms with Gasteiger partial charge >= 0.3 is 0 Å². The molecule has 0 spiro atoms. The van der Waals surface area contributed by atoms with Gasteiger partial charge in [-0.15, -0.1) is 0 Å². The monoisotopic (exact) mass is 373 g/mol. The average molecular weight is 373 g/mol. The van der Waals surface area contributed by atoms with Gasteiger partial charge in [0.1, 0.15) is 0 Å².